The van der Waals surface area contributed by atoms with Crippen molar-refractivity contribution in [2.45, 2.75) is 99.3 Å². The molecule has 0 aliphatic heterocycles. The summed E-state index contributed by atoms with van der Waals surface area (Å²) in [4.78, 5) is 16.5. The molecule has 0 atom stereocenters. The van der Waals surface area contributed by atoms with Gasteiger partial charge in [-0.15, -0.1) is 34.9 Å². The third kappa shape index (κ3) is 8.08. The van der Waals surface area contributed by atoms with E-state index in [1.54, 1.807) is 0 Å². The van der Waals surface area contributed by atoms with Crippen molar-refractivity contribution in [1.82, 2.24) is 4.98 Å². The van der Waals surface area contributed by atoms with Crippen molar-refractivity contribution < 1.29 is 30.0 Å². The second kappa shape index (κ2) is 15.8. The molecular formula is C38H48IrNO2-. The van der Waals surface area contributed by atoms with E-state index in [-0.39, 0.29) is 43.5 Å². The molecule has 3 aromatic rings. The number of aryl methyl sites for hydroxylation is 2. The molecule has 1 saturated carbocycles. The van der Waals surface area contributed by atoms with Crippen LogP contribution in [0.5, 0.6) is 0 Å². The predicted octanol–water partition coefficient (Wildman–Crippen LogP) is 10.2. The summed E-state index contributed by atoms with van der Waals surface area (Å²) in [5, 5.41) is 12.4. The Morgan fingerprint density at radius 3 is 2.29 bits per heavy atom. The van der Waals surface area contributed by atoms with E-state index in [9.17, 15) is 9.90 Å². The second-order valence-electron chi connectivity index (χ2n) is 12.1. The topological polar surface area (TPSA) is 50.2 Å². The summed E-state index contributed by atoms with van der Waals surface area (Å²) < 4.78 is 0. The van der Waals surface area contributed by atoms with Crippen molar-refractivity contribution in [1.29, 1.82) is 0 Å². The van der Waals surface area contributed by atoms with Gasteiger partial charge >= 0.3 is 0 Å². The van der Waals surface area contributed by atoms with E-state index in [1.165, 1.54) is 76.8 Å². The number of hydrogen-bond donors (Lipinski definition) is 1. The predicted molar refractivity (Wildman–Crippen MR) is 173 cm³/mol. The fourth-order valence-electron chi connectivity index (χ4n) is 6.65. The summed E-state index contributed by atoms with van der Waals surface area (Å²) in [5.74, 6) is 1.42. The Bertz CT molecular complexity index is 1400. The SMILES string of the molecule is CCC(CC)C(=O)/C=C(\O)C(CC)CC.Cc1[c-]c(C2=Cc3cc(CC4CCCC4)cc4ccnc2c34)cc(C)c1.[Ir]. The number of nitrogens with zero attached hydrogens (tertiary/aromatic N) is 1. The van der Waals surface area contributed by atoms with Crippen LogP contribution in [0.3, 0.4) is 0 Å². The monoisotopic (exact) mass is 743 g/mol. The van der Waals surface area contributed by atoms with Crippen molar-refractivity contribution in [3.8, 4) is 0 Å². The zero-order valence-corrected chi connectivity index (χ0v) is 28.7. The number of aromatic nitrogens is 1. The van der Waals surface area contributed by atoms with Crippen LogP contribution in [0.25, 0.3) is 22.4 Å². The minimum absolute atomic E-state index is 0. The number of hydrogen-bond acceptors (Lipinski definition) is 3. The molecule has 2 aliphatic rings. The van der Waals surface area contributed by atoms with E-state index in [2.05, 4.69) is 56.3 Å². The number of rotatable bonds is 10. The Balaban J connectivity index is 0.000000263. The van der Waals surface area contributed by atoms with Gasteiger partial charge in [0.2, 0.25) is 0 Å². The van der Waals surface area contributed by atoms with Crippen LogP contribution < -0.4 is 0 Å². The third-order valence-corrected chi connectivity index (χ3v) is 9.03. The maximum atomic E-state index is 11.7. The maximum Gasteiger partial charge on any atom is 0.162 e. The van der Waals surface area contributed by atoms with Gasteiger partial charge in [-0.2, -0.15) is 0 Å². The summed E-state index contributed by atoms with van der Waals surface area (Å²) in [7, 11) is 0. The van der Waals surface area contributed by atoms with Crippen molar-refractivity contribution in [3.05, 3.63) is 87.9 Å². The number of carbonyl (C=O) groups excluding carboxylic acids is 1. The Labute approximate surface area is 267 Å². The van der Waals surface area contributed by atoms with Gasteiger partial charge in [0.05, 0.1) is 5.76 Å². The van der Waals surface area contributed by atoms with Gasteiger partial charge in [-0.25, -0.2) is 0 Å². The summed E-state index contributed by atoms with van der Waals surface area (Å²) in [5.41, 5.74) is 8.78. The summed E-state index contributed by atoms with van der Waals surface area (Å²) >= 11 is 0. The van der Waals surface area contributed by atoms with Crippen molar-refractivity contribution >= 4 is 28.2 Å². The molecule has 2 aliphatic carbocycles. The molecule has 5 rings (SSSR count). The first-order valence-electron chi connectivity index (χ1n) is 15.9. The minimum Gasteiger partial charge on any atom is -0.512 e. The molecule has 0 amide bonds. The van der Waals surface area contributed by atoms with Gasteiger partial charge in [0, 0.05) is 55.3 Å². The standard InChI is InChI=1S/C25H24N.C13H24O2.Ir/c1-16-9-17(2)11-21(10-16)23-15-22-14-19(12-18-5-3-4-6-18)13-20-7-8-26-25(23)24(20)22;1-5-10(6-2)12(14)9-13(15)11(7-3)8-4;/h7-10,13-15,18H,3-6,12H2,1-2H3;9-11,14H,5-8H2,1-4H3;/q-1;;/b;12-9-;. The van der Waals surface area contributed by atoms with Crippen LogP contribution in [0, 0.1) is 37.7 Å². The molecule has 0 bridgehead atoms. The first-order chi connectivity index (χ1) is 19.8. The van der Waals surface area contributed by atoms with Crippen LogP contribution in [0.15, 0.2) is 48.4 Å². The van der Waals surface area contributed by atoms with E-state index >= 15 is 0 Å². The van der Waals surface area contributed by atoms with Crippen LogP contribution in [0.4, 0.5) is 0 Å². The molecule has 1 N–H and O–H groups in total. The molecule has 1 heterocycles. The van der Waals surface area contributed by atoms with Gasteiger partial charge in [0.1, 0.15) is 0 Å². The Kier molecular flexibility index (Phi) is 12.8. The van der Waals surface area contributed by atoms with Gasteiger partial charge < -0.3 is 5.11 Å². The summed E-state index contributed by atoms with van der Waals surface area (Å²) in [6.45, 7) is 12.3. The molecule has 4 heteroatoms. The number of carbonyl (C=O) groups is 1. The molecule has 0 saturated heterocycles. The number of aliphatic hydroxyl groups is 1. The van der Waals surface area contributed by atoms with Gasteiger partial charge in [-0.3, -0.25) is 9.78 Å². The fraction of sp³-hybridized carbons (Fsp3) is 0.474. The molecular weight excluding hydrogens is 695 g/mol. The van der Waals surface area contributed by atoms with Gasteiger partial charge in [0.25, 0.3) is 0 Å². The van der Waals surface area contributed by atoms with Gasteiger partial charge in [-0.05, 0) is 60.6 Å². The van der Waals surface area contributed by atoms with Crippen molar-refractivity contribution in [2.24, 2.45) is 17.8 Å². The third-order valence-electron chi connectivity index (χ3n) is 9.03. The van der Waals surface area contributed by atoms with Crippen LogP contribution in [0.2, 0.25) is 0 Å². The molecule has 1 aromatic heterocycles. The van der Waals surface area contributed by atoms with Crippen molar-refractivity contribution in [3.63, 3.8) is 0 Å². The summed E-state index contributed by atoms with van der Waals surface area (Å²) in [6, 6.07) is 14.9. The molecule has 3 nitrogen and oxygen atoms in total. The average Bonchev–Trinajstić information content (AvgIpc) is 3.59. The van der Waals surface area contributed by atoms with Crippen LogP contribution >= 0.6 is 0 Å². The quantitative estimate of drug-likeness (QED) is 0.100. The van der Waals surface area contributed by atoms with E-state index in [4.69, 9.17) is 4.98 Å². The molecule has 227 valence electrons. The van der Waals surface area contributed by atoms with E-state index in [1.807, 2.05) is 33.9 Å². The molecule has 2 aromatic carbocycles. The molecule has 1 radical (unpaired) electrons. The molecule has 0 unspecified atom stereocenters. The van der Waals surface area contributed by atoms with Crippen LogP contribution in [0.1, 0.15) is 113 Å². The number of allylic oxidation sites excluding steroid dienone is 2. The zero-order valence-electron chi connectivity index (χ0n) is 26.4. The van der Waals surface area contributed by atoms with Gasteiger partial charge in [-0.1, -0.05) is 91.0 Å². The first-order valence-corrected chi connectivity index (χ1v) is 15.9. The summed E-state index contributed by atoms with van der Waals surface area (Å²) in [6.07, 6.45) is 16.0. The number of pyridine rings is 1. The number of aliphatic hydroxyl groups excluding tert-OH is 1. The minimum atomic E-state index is 0. The average molecular weight is 743 g/mol. The van der Waals surface area contributed by atoms with Gasteiger partial charge in [0.15, 0.2) is 5.78 Å². The molecule has 0 spiro atoms. The van der Waals surface area contributed by atoms with E-state index < -0.39 is 0 Å². The van der Waals surface area contributed by atoms with Crippen molar-refractivity contribution in [2.75, 3.05) is 0 Å². The van der Waals surface area contributed by atoms with E-state index in [0.717, 1.165) is 42.9 Å². The molecule has 1 fully saturated rings. The Morgan fingerprint density at radius 2 is 1.67 bits per heavy atom. The maximum absolute atomic E-state index is 11.7. The number of benzene rings is 2. The van der Waals surface area contributed by atoms with Crippen LogP contribution in [-0.4, -0.2) is 15.9 Å². The Hall–Kier alpha value is -2.55. The fourth-order valence-corrected chi connectivity index (χ4v) is 6.65. The Morgan fingerprint density at radius 1 is 1.00 bits per heavy atom. The van der Waals surface area contributed by atoms with Crippen LogP contribution in [-0.2, 0) is 31.3 Å². The van der Waals surface area contributed by atoms with E-state index in [0.29, 0.717) is 0 Å². The normalized spacial score (nSPS) is 14.7. The molecule has 42 heavy (non-hydrogen) atoms. The smallest absolute Gasteiger partial charge is 0.162 e. The zero-order chi connectivity index (χ0) is 29.5. The second-order valence-corrected chi connectivity index (χ2v) is 12.1. The first kappa shape index (κ1) is 33.9. The number of ketones is 1. The largest absolute Gasteiger partial charge is 0.512 e.